The van der Waals surface area contributed by atoms with Gasteiger partial charge in [0.1, 0.15) is 11.2 Å². The van der Waals surface area contributed by atoms with Gasteiger partial charge in [-0.2, -0.15) is 0 Å². The fraction of sp³-hybridized carbons (Fsp3) is 0.577. The minimum atomic E-state index is -0.847. The second kappa shape index (κ2) is 12.1. The third kappa shape index (κ3) is 9.27. The largest absolute Gasteiger partial charge is 0.481 e. The molecule has 1 saturated heterocycles. The zero-order valence-electron chi connectivity index (χ0n) is 18.8. The summed E-state index contributed by atoms with van der Waals surface area (Å²) < 4.78 is 0. The molecular weight excluding hydrogens is 376 g/mol. The average Bonchev–Trinajstić information content (AvgIpc) is 2.97. The molecule has 1 aromatic carbocycles. The monoisotopic (exact) mass is 414 g/mol. The molecule has 3 atom stereocenters. The topological polar surface area (TPSA) is 55.8 Å². The number of carbonyl (C=O) groups is 1. The normalized spacial score (nSPS) is 25.3. The Kier molecular flexibility index (Phi) is 9.80. The van der Waals surface area contributed by atoms with E-state index in [-0.39, 0.29) is 12.0 Å². The molecule has 0 saturated carbocycles. The van der Waals surface area contributed by atoms with Gasteiger partial charge in [-0.25, -0.2) is 9.78 Å². The number of allylic oxidation sites excluding steroid dienone is 3. The Morgan fingerprint density at radius 1 is 1.07 bits per heavy atom. The van der Waals surface area contributed by atoms with Crippen molar-refractivity contribution in [2.45, 2.75) is 89.8 Å². The highest BCUT2D eigenvalue weighted by Gasteiger charge is 2.47. The lowest BCUT2D eigenvalue weighted by Crippen LogP contribution is -2.31. The summed E-state index contributed by atoms with van der Waals surface area (Å²) in [4.78, 5) is 22.0. The van der Waals surface area contributed by atoms with Gasteiger partial charge in [-0.1, -0.05) is 87.2 Å². The molecule has 1 fully saturated rings. The van der Waals surface area contributed by atoms with Crippen LogP contribution in [-0.2, 0) is 14.6 Å². The molecule has 30 heavy (non-hydrogen) atoms. The van der Waals surface area contributed by atoms with E-state index in [0.29, 0.717) is 12.3 Å². The molecule has 166 valence electrons. The predicted molar refractivity (Wildman–Crippen MR) is 122 cm³/mol. The van der Waals surface area contributed by atoms with Crippen LogP contribution in [0, 0.1) is 5.92 Å². The summed E-state index contributed by atoms with van der Waals surface area (Å²) in [5.41, 5.74) is 0.123. The van der Waals surface area contributed by atoms with Gasteiger partial charge in [0.25, 0.3) is 0 Å². The summed E-state index contributed by atoms with van der Waals surface area (Å²) in [6, 6.07) is 10.3. The molecule has 4 nitrogen and oxygen atoms in total. The van der Waals surface area contributed by atoms with Crippen LogP contribution in [0.25, 0.3) is 6.08 Å². The quantitative estimate of drug-likeness (QED) is 0.215. The first kappa shape index (κ1) is 24.4. The lowest BCUT2D eigenvalue weighted by atomic mass is 9.81. The Balaban J connectivity index is 1.53. The van der Waals surface area contributed by atoms with Gasteiger partial charge in [0.05, 0.1) is 6.42 Å². The van der Waals surface area contributed by atoms with Crippen LogP contribution in [0.3, 0.4) is 0 Å². The van der Waals surface area contributed by atoms with Crippen molar-refractivity contribution < 1.29 is 19.7 Å². The van der Waals surface area contributed by atoms with E-state index in [2.05, 4.69) is 55.5 Å². The van der Waals surface area contributed by atoms with Crippen molar-refractivity contribution in [1.29, 1.82) is 0 Å². The summed E-state index contributed by atoms with van der Waals surface area (Å²) >= 11 is 0. The number of hydrogen-bond donors (Lipinski definition) is 1. The van der Waals surface area contributed by atoms with Crippen LogP contribution in [0.2, 0.25) is 0 Å². The first-order valence-electron chi connectivity index (χ1n) is 11.3. The Bertz CT molecular complexity index is 696. The molecular formula is C26H38O4. The maximum atomic E-state index is 11.0. The van der Waals surface area contributed by atoms with Gasteiger partial charge in [-0.3, -0.25) is 4.79 Å². The molecule has 4 heteroatoms. The fourth-order valence-corrected chi connectivity index (χ4v) is 4.42. The molecule has 1 aliphatic heterocycles. The highest BCUT2D eigenvalue weighted by molar-refractivity contribution is 5.68. The van der Waals surface area contributed by atoms with Crippen LogP contribution in [0.15, 0.2) is 48.6 Å². The van der Waals surface area contributed by atoms with Crippen LogP contribution in [0.1, 0.15) is 84.1 Å². The van der Waals surface area contributed by atoms with Crippen molar-refractivity contribution in [2.75, 3.05) is 0 Å². The summed E-state index contributed by atoms with van der Waals surface area (Å²) in [5, 5.41) is 9.04. The van der Waals surface area contributed by atoms with Crippen molar-refractivity contribution in [3.63, 3.8) is 0 Å². The SMILES string of the molecule is C[C@H](CCCCCC/C=C/C=C/c1ccccc1)C[C@]1(C)C[C@@](C)(CC(=O)O)OO1. The number of carboxylic acids is 1. The molecule has 0 spiro atoms. The smallest absolute Gasteiger partial charge is 0.306 e. The molecule has 1 aliphatic rings. The van der Waals surface area contributed by atoms with Crippen LogP contribution >= 0.6 is 0 Å². The average molecular weight is 415 g/mol. The fourth-order valence-electron chi connectivity index (χ4n) is 4.42. The molecule has 2 rings (SSSR count). The van der Waals surface area contributed by atoms with Crippen molar-refractivity contribution in [1.82, 2.24) is 0 Å². The third-order valence-electron chi connectivity index (χ3n) is 5.65. The van der Waals surface area contributed by atoms with Crippen molar-refractivity contribution in [3.8, 4) is 0 Å². The van der Waals surface area contributed by atoms with E-state index in [0.717, 1.165) is 12.8 Å². The van der Waals surface area contributed by atoms with Crippen molar-refractivity contribution in [3.05, 3.63) is 54.1 Å². The number of unbranched alkanes of at least 4 members (excludes halogenated alkanes) is 4. The molecule has 1 aromatic rings. The molecule has 0 amide bonds. The summed E-state index contributed by atoms with van der Waals surface area (Å²) in [6.45, 7) is 6.11. The van der Waals surface area contributed by atoms with E-state index in [4.69, 9.17) is 14.9 Å². The molecule has 0 unspecified atom stereocenters. The van der Waals surface area contributed by atoms with Crippen molar-refractivity contribution >= 4 is 12.0 Å². The number of benzene rings is 1. The Labute approximate surface area is 181 Å². The van der Waals surface area contributed by atoms with Crippen LogP contribution in [0.4, 0.5) is 0 Å². The molecule has 1 heterocycles. The van der Waals surface area contributed by atoms with Gasteiger partial charge in [-0.05, 0) is 44.6 Å². The summed E-state index contributed by atoms with van der Waals surface area (Å²) in [5.74, 6) is -0.311. The molecule has 0 aliphatic carbocycles. The molecule has 1 N–H and O–H groups in total. The van der Waals surface area contributed by atoms with E-state index in [1.54, 1.807) is 0 Å². The van der Waals surface area contributed by atoms with Crippen LogP contribution in [-0.4, -0.2) is 22.3 Å². The minimum absolute atomic E-state index is 0.0204. The lowest BCUT2D eigenvalue weighted by Gasteiger charge is -2.25. The van der Waals surface area contributed by atoms with Gasteiger partial charge in [-0.15, -0.1) is 0 Å². The van der Waals surface area contributed by atoms with E-state index < -0.39 is 11.6 Å². The standard InChI is InChI=1S/C26H38O4/c1-22(19-25(2)21-26(3,30-29-25)20-24(27)28)15-11-8-6-4-5-7-9-12-16-23-17-13-10-14-18-23/h7,9-10,12-14,16-18,22H,4-6,8,11,15,19-21H2,1-3H3,(H,27,28)/b9-7+,16-12+/t22-,25-,26-/m1/s1. The number of carboxylic acid groups (broad SMARTS) is 1. The highest BCUT2D eigenvalue weighted by atomic mass is 17.2. The van der Waals surface area contributed by atoms with Crippen LogP contribution < -0.4 is 0 Å². The van der Waals surface area contributed by atoms with Gasteiger partial charge in [0.2, 0.25) is 0 Å². The maximum absolute atomic E-state index is 11.0. The number of rotatable bonds is 13. The Hall–Kier alpha value is -1.91. The van der Waals surface area contributed by atoms with E-state index in [9.17, 15) is 4.79 Å². The second-order valence-corrected chi connectivity index (χ2v) is 9.31. The second-order valence-electron chi connectivity index (χ2n) is 9.31. The predicted octanol–water partition coefficient (Wildman–Crippen LogP) is 6.97. The summed E-state index contributed by atoms with van der Waals surface area (Å²) in [7, 11) is 0. The van der Waals surface area contributed by atoms with E-state index >= 15 is 0 Å². The Morgan fingerprint density at radius 3 is 2.50 bits per heavy atom. The lowest BCUT2D eigenvalue weighted by molar-refractivity contribution is -0.346. The highest BCUT2D eigenvalue weighted by Crippen LogP contribution is 2.42. The maximum Gasteiger partial charge on any atom is 0.306 e. The van der Waals surface area contributed by atoms with Crippen molar-refractivity contribution in [2.24, 2.45) is 5.92 Å². The molecule has 0 aromatic heterocycles. The van der Waals surface area contributed by atoms with Gasteiger partial charge in [0, 0.05) is 6.42 Å². The van der Waals surface area contributed by atoms with Gasteiger partial charge >= 0.3 is 5.97 Å². The Morgan fingerprint density at radius 2 is 1.77 bits per heavy atom. The third-order valence-corrected chi connectivity index (χ3v) is 5.65. The van der Waals surface area contributed by atoms with Gasteiger partial charge in [0.15, 0.2) is 0 Å². The number of aliphatic carboxylic acids is 1. The molecule has 0 bridgehead atoms. The first-order chi connectivity index (χ1) is 14.3. The molecule has 0 radical (unpaired) electrons. The van der Waals surface area contributed by atoms with Crippen LogP contribution in [0.5, 0.6) is 0 Å². The zero-order valence-corrected chi connectivity index (χ0v) is 18.8. The minimum Gasteiger partial charge on any atom is -0.481 e. The summed E-state index contributed by atoms with van der Waals surface area (Å²) in [6.07, 6.45) is 17.4. The zero-order chi connectivity index (χ0) is 21.9. The van der Waals surface area contributed by atoms with E-state index in [1.165, 1.54) is 37.7 Å². The first-order valence-corrected chi connectivity index (χ1v) is 11.3. The van der Waals surface area contributed by atoms with E-state index in [1.807, 2.05) is 19.9 Å². The van der Waals surface area contributed by atoms with Gasteiger partial charge < -0.3 is 5.11 Å². The number of hydrogen-bond acceptors (Lipinski definition) is 3.